The van der Waals surface area contributed by atoms with Gasteiger partial charge in [0.2, 0.25) is 0 Å². The van der Waals surface area contributed by atoms with Gasteiger partial charge in [-0.25, -0.2) is 4.98 Å². The second-order valence-corrected chi connectivity index (χ2v) is 8.62. The Kier molecular flexibility index (Phi) is 4.33. The predicted octanol–water partition coefficient (Wildman–Crippen LogP) is 2.94. The molecule has 1 aromatic heterocycles. The second-order valence-electron chi connectivity index (χ2n) is 8.62. The highest BCUT2D eigenvalue weighted by Gasteiger charge is 2.43. The number of amides is 2. The van der Waals surface area contributed by atoms with Crippen molar-refractivity contribution in [1.82, 2.24) is 14.8 Å². The summed E-state index contributed by atoms with van der Waals surface area (Å²) in [5.41, 5.74) is 1.60. The zero-order valence-electron chi connectivity index (χ0n) is 16.5. The van der Waals surface area contributed by atoms with Gasteiger partial charge >= 0.3 is 0 Å². The molecule has 2 aromatic rings. The van der Waals surface area contributed by atoms with Crippen LogP contribution in [0.5, 0.6) is 5.75 Å². The van der Waals surface area contributed by atoms with E-state index in [0.717, 1.165) is 24.8 Å². The minimum Gasteiger partial charge on any atom is -0.508 e. The summed E-state index contributed by atoms with van der Waals surface area (Å²) in [7, 11) is 0. The lowest BCUT2D eigenvalue weighted by atomic mass is 9.85. The number of aromatic nitrogens is 1. The second kappa shape index (κ2) is 6.90. The summed E-state index contributed by atoms with van der Waals surface area (Å²) in [6, 6.07) is 5.01. The van der Waals surface area contributed by atoms with E-state index in [-0.39, 0.29) is 29.5 Å². The molecule has 2 bridgehead atoms. The van der Waals surface area contributed by atoms with Crippen molar-refractivity contribution >= 4 is 11.8 Å². The van der Waals surface area contributed by atoms with Crippen molar-refractivity contribution < 1.29 is 19.1 Å². The molecule has 1 aliphatic carbocycles. The van der Waals surface area contributed by atoms with Crippen molar-refractivity contribution in [2.75, 3.05) is 19.6 Å². The topological polar surface area (TPSA) is 86.9 Å². The molecule has 2 atom stereocenters. The van der Waals surface area contributed by atoms with Crippen LogP contribution >= 0.6 is 0 Å². The van der Waals surface area contributed by atoms with Crippen LogP contribution in [0.4, 0.5) is 0 Å². The monoisotopic (exact) mass is 395 g/mol. The number of hydrogen-bond donors (Lipinski definition) is 1. The molecule has 2 aliphatic heterocycles. The van der Waals surface area contributed by atoms with Gasteiger partial charge in [-0.3, -0.25) is 9.59 Å². The Hall–Kier alpha value is -2.83. The van der Waals surface area contributed by atoms with Gasteiger partial charge in [0, 0.05) is 31.1 Å². The van der Waals surface area contributed by atoms with Crippen molar-refractivity contribution in [3.05, 3.63) is 47.2 Å². The molecule has 2 amide bonds. The zero-order valence-corrected chi connectivity index (χ0v) is 16.5. The largest absolute Gasteiger partial charge is 0.508 e. The zero-order chi connectivity index (χ0) is 20.1. The third-order valence-corrected chi connectivity index (χ3v) is 6.61. The molecule has 0 spiro atoms. The van der Waals surface area contributed by atoms with Gasteiger partial charge < -0.3 is 19.3 Å². The molecule has 7 nitrogen and oxygen atoms in total. The Balaban J connectivity index is 1.29. The maximum Gasteiger partial charge on any atom is 0.276 e. The van der Waals surface area contributed by atoms with Crippen LogP contribution in [0.3, 0.4) is 0 Å². The Morgan fingerprint density at radius 3 is 2.72 bits per heavy atom. The van der Waals surface area contributed by atoms with E-state index in [9.17, 15) is 14.7 Å². The van der Waals surface area contributed by atoms with Gasteiger partial charge in [0.05, 0.1) is 6.04 Å². The summed E-state index contributed by atoms with van der Waals surface area (Å²) in [5, 5.41) is 9.93. The number of rotatable bonds is 3. The fourth-order valence-electron chi connectivity index (χ4n) is 4.68. The first-order valence-electron chi connectivity index (χ1n) is 10.3. The van der Waals surface area contributed by atoms with Crippen molar-refractivity contribution in [1.29, 1.82) is 0 Å². The molecular weight excluding hydrogens is 370 g/mol. The van der Waals surface area contributed by atoms with Crippen LogP contribution in [0, 0.1) is 12.8 Å². The van der Waals surface area contributed by atoms with Crippen LogP contribution in [0.1, 0.15) is 63.9 Å². The maximum atomic E-state index is 13.0. The molecule has 1 saturated carbocycles. The number of nitrogens with zero attached hydrogens (tertiary/aromatic N) is 3. The average Bonchev–Trinajstić information content (AvgIpc) is 3.26. The normalized spacial score (nSPS) is 23.9. The number of aromatic hydroxyl groups is 1. The van der Waals surface area contributed by atoms with E-state index in [1.54, 1.807) is 24.0 Å². The number of carbonyl (C=O) groups is 2. The first-order chi connectivity index (χ1) is 14.0. The number of benzene rings is 1. The highest BCUT2D eigenvalue weighted by atomic mass is 16.3. The highest BCUT2D eigenvalue weighted by molar-refractivity contribution is 5.95. The van der Waals surface area contributed by atoms with E-state index in [0.29, 0.717) is 42.7 Å². The number of piperidine rings is 1. The molecule has 3 fully saturated rings. The fourth-order valence-corrected chi connectivity index (χ4v) is 4.68. The molecule has 0 radical (unpaired) electrons. The van der Waals surface area contributed by atoms with Crippen molar-refractivity contribution in [3.63, 3.8) is 0 Å². The molecule has 5 rings (SSSR count). The molecule has 3 heterocycles. The molecule has 29 heavy (non-hydrogen) atoms. The lowest BCUT2D eigenvalue weighted by molar-refractivity contribution is 0.0616. The Morgan fingerprint density at radius 2 is 2.00 bits per heavy atom. The molecule has 2 saturated heterocycles. The van der Waals surface area contributed by atoms with Crippen LogP contribution < -0.4 is 0 Å². The quantitative estimate of drug-likeness (QED) is 0.863. The number of likely N-dealkylation sites (tertiary alicyclic amines) is 2. The van der Waals surface area contributed by atoms with Gasteiger partial charge in [-0.1, -0.05) is 12.5 Å². The van der Waals surface area contributed by atoms with Crippen LogP contribution in [0.2, 0.25) is 0 Å². The molecule has 1 aromatic carbocycles. The van der Waals surface area contributed by atoms with E-state index in [1.165, 1.54) is 18.8 Å². The van der Waals surface area contributed by atoms with Gasteiger partial charge in [-0.05, 0) is 49.8 Å². The van der Waals surface area contributed by atoms with E-state index >= 15 is 0 Å². The van der Waals surface area contributed by atoms with Crippen molar-refractivity contribution in [2.45, 2.75) is 44.6 Å². The van der Waals surface area contributed by atoms with Crippen molar-refractivity contribution in [3.8, 4) is 5.75 Å². The van der Waals surface area contributed by atoms with Crippen LogP contribution in [-0.2, 0) is 0 Å². The molecular formula is C22H25N3O4. The van der Waals surface area contributed by atoms with Crippen LogP contribution in [-0.4, -0.2) is 57.4 Å². The molecule has 2 unspecified atom stereocenters. The Morgan fingerprint density at radius 1 is 1.17 bits per heavy atom. The third-order valence-electron chi connectivity index (χ3n) is 6.61. The smallest absolute Gasteiger partial charge is 0.276 e. The van der Waals surface area contributed by atoms with Crippen LogP contribution in [0.15, 0.2) is 28.9 Å². The number of oxazole rings is 1. The number of fused-ring (bicyclic) bond motifs is 2. The van der Waals surface area contributed by atoms with Crippen molar-refractivity contribution in [2.24, 2.45) is 5.92 Å². The Bertz CT molecular complexity index is 965. The lowest BCUT2D eigenvalue weighted by Gasteiger charge is -2.32. The minimum absolute atomic E-state index is 0.00639. The van der Waals surface area contributed by atoms with Gasteiger partial charge in [0.15, 0.2) is 11.6 Å². The average molecular weight is 395 g/mol. The highest BCUT2D eigenvalue weighted by Crippen LogP contribution is 2.36. The third kappa shape index (κ3) is 3.18. The molecule has 7 heteroatoms. The van der Waals surface area contributed by atoms with Gasteiger partial charge in [-0.15, -0.1) is 0 Å². The van der Waals surface area contributed by atoms with E-state index in [1.807, 2.05) is 4.90 Å². The first kappa shape index (κ1) is 18.2. The maximum absolute atomic E-state index is 13.0. The number of hydrogen-bond acceptors (Lipinski definition) is 5. The molecule has 152 valence electrons. The predicted molar refractivity (Wildman–Crippen MR) is 105 cm³/mol. The number of aryl methyl sites for hydroxylation is 1. The summed E-state index contributed by atoms with van der Waals surface area (Å²) >= 11 is 0. The molecule has 3 aliphatic rings. The fraction of sp³-hybridized carbons (Fsp3) is 0.500. The van der Waals surface area contributed by atoms with Gasteiger partial charge in [0.25, 0.3) is 11.8 Å². The lowest BCUT2D eigenvalue weighted by Crippen LogP contribution is -2.46. The number of phenols is 1. The van der Waals surface area contributed by atoms with Gasteiger partial charge in [0.1, 0.15) is 12.0 Å². The van der Waals surface area contributed by atoms with Gasteiger partial charge in [-0.2, -0.15) is 0 Å². The number of phenolic OH excluding ortho intramolecular Hbond substituents is 1. The summed E-state index contributed by atoms with van der Waals surface area (Å²) in [6.45, 7) is 3.56. The minimum atomic E-state index is -0.103. The SMILES string of the molecule is Cc1ccc(C(=O)N2CC3CC(C2)N(C(=O)c2coc(C4CCC4)n2)C3)cc1O. The first-order valence-corrected chi connectivity index (χ1v) is 10.3. The summed E-state index contributed by atoms with van der Waals surface area (Å²) < 4.78 is 5.55. The van der Waals surface area contributed by atoms with E-state index in [4.69, 9.17) is 4.42 Å². The Labute approximate surface area is 169 Å². The summed E-state index contributed by atoms with van der Waals surface area (Å²) in [4.78, 5) is 34.1. The standard InChI is InChI=1S/C22H25N3O4/c1-13-5-6-16(8-19(13)26)21(27)24-9-14-7-17(11-24)25(10-14)22(28)18-12-29-20(23-18)15-3-2-4-15/h5-6,8,12,14-15,17,26H,2-4,7,9-11H2,1H3. The number of carbonyl (C=O) groups excluding carboxylic acids is 2. The molecule has 1 N–H and O–H groups in total. The summed E-state index contributed by atoms with van der Waals surface area (Å²) in [5.74, 6) is 1.22. The van der Waals surface area contributed by atoms with E-state index < -0.39 is 0 Å². The summed E-state index contributed by atoms with van der Waals surface area (Å²) in [6.07, 6.45) is 5.73. The van der Waals surface area contributed by atoms with E-state index in [2.05, 4.69) is 4.98 Å². The van der Waals surface area contributed by atoms with Crippen LogP contribution in [0.25, 0.3) is 0 Å².